The topological polar surface area (TPSA) is 79.4 Å². The van der Waals surface area contributed by atoms with E-state index in [1.165, 1.54) is 11.1 Å². The van der Waals surface area contributed by atoms with Crippen LogP contribution in [0.2, 0.25) is 0 Å². The van der Waals surface area contributed by atoms with E-state index in [1.54, 1.807) is 16.2 Å². The van der Waals surface area contributed by atoms with Gasteiger partial charge in [-0.05, 0) is 52.6 Å². The van der Waals surface area contributed by atoms with E-state index in [2.05, 4.69) is 17.2 Å². The molecule has 0 aliphatic carbocycles. The van der Waals surface area contributed by atoms with Crippen molar-refractivity contribution < 1.29 is 13.2 Å². The van der Waals surface area contributed by atoms with Crippen molar-refractivity contribution in [1.82, 2.24) is 15.2 Å². The molecular weight excluding hydrogens is 358 g/mol. The Balaban J connectivity index is 1.83. The summed E-state index contributed by atoms with van der Waals surface area (Å²) in [6.45, 7) is 6.44. The van der Waals surface area contributed by atoms with E-state index in [9.17, 15) is 13.2 Å². The highest BCUT2D eigenvalue weighted by Gasteiger charge is 2.51. The van der Waals surface area contributed by atoms with Crippen molar-refractivity contribution in [2.45, 2.75) is 50.2 Å². The molecule has 0 radical (unpaired) electrons. The number of likely N-dealkylation sites (tertiary alicyclic amines) is 1. The Morgan fingerprint density at radius 3 is 2.56 bits per heavy atom. The number of aryl methyl sites for hydroxylation is 2. The summed E-state index contributed by atoms with van der Waals surface area (Å²) >= 11 is 1.70. The second-order valence-corrected chi connectivity index (χ2v) is 10.9. The monoisotopic (exact) mass is 385 g/mol. The molecule has 1 unspecified atom stereocenters. The number of amides is 1. The van der Waals surface area contributed by atoms with Crippen LogP contribution in [0.4, 0.5) is 0 Å². The lowest BCUT2D eigenvalue weighted by Crippen LogP contribution is -2.59. The van der Waals surface area contributed by atoms with Crippen LogP contribution in [0, 0.1) is 13.8 Å². The van der Waals surface area contributed by atoms with Gasteiger partial charge in [0, 0.05) is 30.1 Å². The molecule has 8 heteroatoms. The molecule has 0 bridgehead atoms. The molecule has 140 valence electrons. The minimum absolute atomic E-state index is 0.203. The highest BCUT2D eigenvalue weighted by Crippen LogP contribution is 2.35. The highest BCUT2D eigenvalue weighted by atomic mass is 32.2. The number of hydrogen-bond acceptors (Lipinski definition) is 6. The van der Waals surface area contributed by atoms with E-state index >= 15 is 0 Å². The zero-order chi connectivity index (χ0) is 18.2. The second kappa shape index (κ2) is 6.96. The summed E-state index contributed by atoms with van der Waals surface area (Å²) in [5.41, 5.74) is 1.05. The predicted octanol–water partition coefficient (Wildman–Crippen LogP) is 1.63. The average molecular weight is 386 g/mol. The van der Waals surface area contributed by atoms with Crippen molar-refractivity contribution in [2.75, 3.05) is 32.4 Å². The molecule has 1 aromatic heterocycles. The third-order valence-electron chi connectivity index (χ3n) is 5.61. The Hall–Kier alpha value is -0.990. The van der Waals surface area contributed by atoms with Crippen LogP contribution in [-0.2, 0) is 14.6 Å². The summed E-state index contributed by atoms with van der Waals surface area (Å²) in [6, 6.07) is 0. The number of nitrogens with zero attached hydrogens (tertiary/aromatic N) is 2. The predicted molar refractivity (Wildman–Crippen MR) is 99.8 cm³/mol. The van der Waals surface area contributed by atoms with Gasteiger partial charge in [-0.25, -0.2) is 13.4 Å². The molecule has 3 heterocycles. The highest BCUT2D eigenvalue weighted by molar-refractivity contribution is 7.92. The molecule has 2 aliphatic rings. The van der Waals surface area contributed by atoms with E-state index < -0.39 is 14.6 Å². The average Bonchev–Trinajstić information content (AvgIpc) is 2.93. The van der Waals surface area contributed by atoms with Crippen molar-refractivity contribution in [3.63, 3.8) is 0 Å². The Morgan fingerprint density at radius 1 is 1.32 bits per heavy atom. The van der Waals surface area contributed by atoms with Gasteiger partial charge in [0.1, 0.15) is 0 Å². The van der Waals surface area contributed by atoms with Crippen molar-refractivity contribution in [3.05, 3.63) is 15.6 Å². The van der Waals surface area contributed by atoms with Gasteiger partial charge in [-0.3, -0.25) is 4.79 Å². The molecule has 2 aliphatic heterocycles. The standard InChI is InChI=1S/C17H27N3O3S2/c1-12-13(2)24-15(19-12)14-5-4-10-20(11-14)16(21)17(25(3,22)23)6-8-18-9-7-17/h14,18H,4-11H2,1-3H3. The van der Waals surface area contributed by atoms with Gasteiger partial charge < -0.3 is 10.2 Å². The second-order valence-electron chi connectivity index (χ2n) is 7.30. The molecule has 0 saturated carbocycles. The number of aromatic nitrogens is 1. The number of piperidine rings is 2. The lowest BCUT2D eigenvalue weighted by Gasteiger charge is -2.41. The lowest BCUT2D eigenvalue weighted by molar-refractivity contribution is -0.136. The molecule has 2 saturated heterocycles. The zero-order valence-electron chi connectivity index (χ0n) is 15.2. The quantitative estimate of drug-likeness (QED) is 0.856. The molecular formula is C17H27N3O3S2. The number of thiazole rings is 1. The first-order valence-electron chi connectivity index (χ1n) is 8.88. The van der Waals surface area contributed by atoms with E-state index in [4.69, 9.17) is 0 Å². The Labute approximate surface area is 153 Å². The molecule has 0 aromatic carbocycles. The maximum atomic E-state index is 13.3. The van der Waals surface area contributed by atoms with Crippen LogP contribution in [0.5, 0.6) is 0 Å². The first-order valence-corrected chi connectivity index (χ1v) is 11.6. The van der Waals surface area contributed by atoms with Crippen LogP contribution in [0.25, 0.3) is 0 Å². The lowest BCUT2D eigenvalue weighted by atomic mass is 9.92. The minimum Gasteiger partial charge on any atom is -0.341 e. The Bertz CT molecular complexity index is 732. The summed E-state index contributed by atoms with van der Waals surface area (Å²) in [6.07, 6.45) is 3.84. The van der Waals surface area contributed by atoms with E-state index in [1.807, 2.05) is 6.92 Å². The fourth-order valence-corrected chi connectivity index (χ4v) is 6.34. The number of sulfone groups is 1. The molecule has 0 spiro atoms. The fourth-order valence-electron chi connectivity index (χ4n) is 3.90. The van der Waals surface area contributed by atoms with E-state index in [0.717, 1.165) is 23.5 Å². The van der Waals surface area contributed by atoms with Crippen molar-refractivity contribution in [3.8, 4) is 0 Å². The zero-order valence-corrected chi connectivity index (χ0v) is 16.8. The van der Waals surface area contributed by atoms with Crippen molar-refractivity contribution in [1.29, 1.82) is 0 Å². The summed E-state index contributed by atoms with van der Waals surface area (Å²) in [5, 5.41) is 4.24. The van der Waals surface area contributed by atoms with Crippen molar-refractivity contribution in [2.24, 2.45) is 0 Å². The third-order valence-corrected chi connectivity index (χ3v) is 8.85. The first kappa shape index (κ1) is 18.8. The largest absolute Gasteiger partial charge is 0.341 e. The van der Waals surface area contributed by atoms with Crippen LogP contribution in [0.1, 0.15) is 47.2 Å². The van der Waals surface area contributed by atoms with Gasteiger partial charge in [0.15, 0.2) is 14.6 Å². The summed E-state index contributed by atoms with van der Waals surface area (Å²) in [7, 11) is -3.47. The minimum atomic E-state index is -3.47. The molecule has 1 atom stereocenters. The molecule has 6 nitrogen and oxygen atoms in total. The fraction of sp³-hybridized carbons (Fsp3) is 0.765. The van der Waals surface area contributed by atoms with Crippen LogP contribution >= 0.6 is 11.3 Å². The summed E-state index contributed by atoms with van der Waals surface area (Å²) < 4.78 is 23.8. The SMILES string of the molecule is Cc1nc(C2CCCN(C(=O)C3(S(C)(=O)=O)CCNCC3)C2)sc1C. The van der Waals surface area contributed by atoms with Crippen LogP contribution in [0.15, 0.2) is 0 Å². The number of hydrogen-bond donors (Lipinski definition) is 1. The molecule has 1 aromatic rings. The van der Waals surface area contributed by atoms with Gasteiger partial charge in [-0.1, -0.05) is 0 Å². The van der Waals surface area contributed by atoms with Crippen LogP contribution in [-0.4, -0.2) is 61.4 Å². The van der Waals surface area contributed by atoms with Gasteiger partial charge in [0.25, 0.3) is 0 Å². The third kappa shape index (κ3) is 3.48. The van der Waals surface area contributed by atoms with Crippen molar-refractivity contribution >= 4 is 27.1 Å². The molecule has 2 fully saturated rings. The van der Waals surface area contributed by atoms with Gasteiger partial charge in [0.05, 0.1) is 10.7 Å². The number of rotatable bonds is 3. The summed E-state index contributed by atoms with van der Waals surface area (Å²) in [5.74, 6) is 0.0135. The molecule has 25 heavy (non-hydrogen) atoms. The Morgan fingerprint density at radius 2 is 2.00 bits per heavy atom. The normalized spacial score (nSPS) is 24.3. The van der Waals surface area contributed by atoms with Crippen LogP contribution in [0.3, 0.4) is 0 Å². The maximum absolute atomic E-state index is 13.3. The van der Waals surface area contributed by atoms with E-state index in [0.29, 0.717) is 39.0 Å². The first-order chi connectivity index (χ1) is 11.7. The van der Waals surface area contributed by atoms with Gasteiger partial charge in [-0.15, -0.1) is 11.3 Å². The molecule has 1 amide bonds. The number of carbonyl (C=O) groups is 1. The smallest absolute Gasteiger partial charge is 0.244 e. The number of carbonyl (C=O) groups excluding carboxylic acids is 1. The maximum Gasteiger partial charge on any atom is 0.244 e. The van der Waals surface area contributed by atoms with Gasteiger partial charge in [-0.2, -0.15) is 0 Å². The Kier molecular flexibility index (Phi) is 5.23. The summed E-state index contributed by atoms with van der Waals surface area (Å²) in [4.78, 5) is 20.9. The van der Waals surface area contributed by atoms with E-state index in [-0.39, 0.29) is 11.8 Å². The molecule has 3 rings (SSSR count). The molecule has 1 N–H and O–H groups in total. The van der Waals surface area contributed by atoms with Crippen LogP contribution < -0.4 is 5.32 Å². The number of nitrogens with one attached hydrogen (secondary N) is 1. The van der Waals surface area contributed by atoms with Gasteiger partial charge >= 0.3 is 0 Å². The van der Waals surface area contributed by atoms with Gasteiger partial charge in [0.2, 0.25) is 5.91 Å².